The fourth-order valence-corrected chi connectivity index (χ4v) is 2.50. The van der Waals surface area contributed by atoms with Crippen LogP contribution in [0, 0.1) is 0 Å². The van der Waals surface area contributed by atoms with Crippen molar-refractivity contribution < 1.29 is 4.79 Å². The van der Waals surface area contributed by atoms with E-state index in [0.29, 0.717) is 12.4 Å². The second kappa shape index (κ2) is 5.99. The van der Waals surface area contributed by atoms with Crippen LogP contribution >= 0.6 is 11.6 Å². The highest BCUT2D eigenvalue weighted by Gasteiger charge is 2.18. The van der Waals surface area contributed by atoms with Crippen LogP contribution in [0.1, 0.15) is 12.0 Å². The van der Waals surface area contributed by atoms with Crippen molar-refractivity contribution in [3.05, 3.63) is 41.5 Å². The van der Waals surface area contributed by atoms with E-state index in [1.54, 1.807) is 0 Å². The fraction of sp³-hybridized carbons (Fsp3) is 0.357. The highest BCUT2D eigenvalue weighted by molar-refractivity contribution is 6.20. The van der Waals surface area contributed by atoms with E-state index < -0.39 is 0 Å². The third-order valence-electron chi connectivity index (χ3n) is 3.15. The van der Waals surface area contributed by atoms with Crippen molar-refractivity contribution in [1.82, 2.24) is 4.90 Å². The van der Waals surface area contributed by atoms with E-state index in [1.807, 2.05) is 18.2 Å². The lowest BCUT2D eigenvalue weighted by Gasteiger charge is -2.29. The average molecular weight is 250 g/mol. The van der Waals surface area contributed by atoms with E-state index in [4.69, 9.17) is 11.6 Å². The molecule has 0 unspecified atom stereocenters. The van der Waals surface area contributed by atoms with Crippen molar-refractivity contribution in [3.63, 3.8) is 0 Å². The number of hydrogen-bond donors (Lipinski definition) is 0. The Hall–Kier alpha value is -1.12. The maximum Gasteiger partial charge on any atom is 0.133 e. The molecular formula is C14H16ClNO. The molecule has 1 aliphatic heterocycles. The zero-order valence-corrected chi connectivity index (χ0v) is 10.5. The Morgan fingerprint density at radius 1 is 1.29 bits per heavy atom. The van der Waals surface area contributed by atoms with E-state index in [9.17, 15) is 4.79 Å². The van der Waals surface area contributed by atoms with Crippen LogP contribution in [0.25, 0.3) is 5.57 Å². The van der Waals surface area contributed by atoms with Gasteiger partial charge in [-0.25, -0.2) is 0 Å². The van der Waals surface area contributed by atoms with Crippen molar-refractivity contribution >= 4 is 23.5 Å². The molecule has 2 rings (SSSR count). The summed E-state index contributed by atoms with van der Waals surface area (Å²) in [6, 6.07) is 10.3. The number of hydrogen-bond acceptors (Lipinski definition) is 2. The Morgan fingerprint density at radius 3 is 2.71 bits per heavy atom. The van der Waals surface area contributed by atoms with Crippen LogP contribution in [-0.2, 0) is 4.79 Å². The number of nitrogens with zero attached hydrogens (tertiary/aromatic N) is 1. The first-order chi connectivity index (χ1) is 8.35. The molecule has 0 atom stereocenters. The van der Waals surface area contributed by atoms with Gasteiger partial charge in [0.05, 0.1) is 6.54 Å². The quantitative estimate of drug-likeness (QED) is 0.604. The van der Waals surface area contributed by atoms with Gasteiger partial charge in [-0.05, 0) is 23.1 Å². The lowest BCUT2D eigenvalue weighted by molar-refractivity contribution is -0.108. The summed E-state index contributed by atoms with van der Waals surface area (Å²) in [5.74, 6) is 0.582. The summed E-state index contributed by atoms with van der Waals surface area (Å²) in [5, 5.41) is 0. The first-order valence-electron chi connectivity index (χ1n) is 5.83. The fourth-order valence-electron chi connectivity index (χ4n) is 2.20. The zero-order valence-electron chi connectivity index (χ0n) is 9.73. The maximum absolute atomic E-state index is 10.6. The molecule has 0 spiro atoms. The van der Waals surface area contributed by atoms with Gasteiger partial charge < -0.3 is 4.79 Å². The summed E-state index contributed by atoms with van der Waals surface area (Å²) >= 11 is 6.00. The first kappa shape index (κ1) is 12.3. The molecule has 0 fully saturated rings. The third-order valence-corrected chi connectivity index (χ3v) is 3.48. The van der Waals surface area contributed by atoms with Crippen molar-refractivity contribution in [1.29, 1.82) is 0 Å². The second-order valence-electron chi connectivity index (χ2n) is 4.23. The molecule has 0 N–H and O–H groups in total. The minimum Gasteiger partial charge on any atom is -0.302 e. The molecule has 3 heteroatoms. The molecule has 1 aliphatic rings. The topological polar surface area (TPSA) is 20.3 Å². The number of aldehydes is 1. The molecule has 0 amide bonds. The van der Waals surface area contributed by atoms with Gasteiger partial charge in [-0.15, -0.1) is 11.6 Å². The van der Waals surface area contributed by atoms with Crippen molar-refractivity contribution in [3.8, 4) is 0 Å². The van der Waals surface area contributed by atoms with Crippen LogP contribution in [-0.4, -0.2) is 36.7 Å². The first-order valence-corrected chi connectivity index (χ1v) is 6.37. The molecule has 1 heterocycles. The van der Waals surface area contributed by atoms with Gasteiger partial charge >= 0.3 is 0 Å². The van der Waals surface area contributed by atoms with Gasteiger partial charge in [-0.2, -0.15) is 0 Å². The Bertz CT molecular complexity index is 413. The van der Waals surface area contributed by atoms with Crippen molar-refractivity contribution in [2.45, 2.75) is 6.42 Å². The minimum absolute atomic E-state index is 0.506. The van der Waals surface area contributed by atoms with Gasteiger partial charge in [0.1, 0.15) is 6.29 Å². The molecule has 1 aromatic carbocycles. The summed E-state index contributed by atoms with van der Waals surface area (Å²) in [4.78, 5) is 12.7. The van der Waals surface area contributed by atoms with Gasteiger partial charge in [-0.1, -0.05) is 30.3 Å². The van der Waals surface area contributed by atoms with Gasteiger partial charge in [0.25, 0.3) is 0 Å². The summed E-state index contributed by atoms with van der Waals surface area (Å²) in [7, 11) is 0. The normalized spacial score (nSPS) is 17.2. The average Bonchev–Trinajstić information content (AvgIpc) is 2.40. The molecule has 0 radical (unpaired) electrons. The number of halogens is 1. The summed E-state index contributed by atoms with van der Waals surface area (Å²) in [5.41, 5.74) is 3.81. The SMILES string of the molecule is O=CCN1CCC(CCl)=C(c2ccccc2)C1. The number of rotatable bonds is 4. The summed E-state index contributed by atoms with van der Waals surface area (Å²) in [6.45, 7) is 2.26. The summed E-state index contributed by atoms with van der Waals surface area (Å²) < 4.78 is 0. The highest BCUT2D eigenvalue weighted by Crippen LogP contribution is 2.27. The van der Waals surface area contributed by atoms with E-state index in [0.717, 1.165) is 25.8 Å². The van der Waals surface area contributed by atoms with Gasteiger partial charge in [0.2, 0.25) is 0 Å². The third kappa shape index (κ3) is 2.96. The Kier molecular flexibility index (Phi) is 4.35. The lowest BCUT2D eigenvalue weighted by atomic mass is 9.95. The Morgan fingerprint density at radius 2 is 2.06 bits per heavy atom. The standard InChI is InChI=1S/C14H16ClNO/c15-10-13-6-7-16(8-9-17)11-14(13)12-4-2-1-3-5-12/h1-5,9H,6-8,10-11H2. The van der Waals surface area contributed by atoms with Gasteiger partial charge in [0.15, 0.2) is 0 Å². The maximum atomic E-state index is 10.6. The van der Waals surface area contributed by atoms with Crippen LogP contribution in [0.4, 0.5) is 0 Å². The van der Waals surface area contributed by atoms with Crippen LogP contribution in [0.2, 0.25) is 0 Å². The molecule has 90 valence electrons. The lowest BCUT2D eigenvalue weighted by Crippen LogP contribution is -2.33. The van der Waals surface area contributed by atoms with E-state index in [1.165, 1.54) is 16.7 Å². The van der Waals surface area contributed by atoms with E-state index in [-0.39, 0.29) is 0 Å². The predicted molar refractivity (Wildman–Crippen MR) is 71.2 cm³/mol. The zero-order chi connectivity index (χ0) is 12.1. The number of carbonyl (C=O) groups excluding carboxylic acids is 1. The molecule has 1 aromatic rings. The number of carbonyl (C=O) groups is 1. The Balaban J connectivity index is 2.26. The van der Waals surface area contributed by atoms with Crippen molar-refractivity contribution in [2.75, 3.05) is 25.5 Å². The van der Waals surface area contributed by atoms with Crippen LogP contribution in [0.15, 0.2) is 35.9 Å². The largest absolute Gasteiger partial charge is 0.302 e. The smallest absolute Gasteiger partial charge is 0.133 e. The number of alkyl halides is 1. The van der Waals surface area contributed by atoms with Crippen LogP contribution in [0.5, 0.6) is 0 Å². The monoisotopic (exact) mass is 249 g/mol. The highest BCUT2D eigenvalue weighted by atomic mass is 35.5. The van der Waals surface area contributed by atoms with Gasteiger partial charge in [0, 0.05) is 19.0 Å². The van der Waals surface area contributed by atoms with Crippen molar-refractivity contribution in [2.24, 2.45) is 0 Å². The molecule has 0 saturated carbocycles. The summed E-state index contributed by atoms with van der Waals surface area (Å²) in [6.07, 6.45) is 1.93. The predicted octanol–water partition coefficient (Wildman–Crippen LogP) is 2.58. The van der Waals surface area contributed by atoms with Gasteiger partial charge in [-0.3, -0.25) is 4.90 Å². The minimum atomic E-state index is 0.506. The van der Waals surface area contributed by atoms with Crippen LogP contribution in [0.3, 0.4) is 0 Å². The molecule has 2 nitrogen and oxygen atoms in total. The molecule has 0 bridgehead atoms. The number of benzene rings is 1. The molecule has 0 saturated heterocycles. The molecular weight excluding hydrogens is 234 g/mol. The van der Waals surface area contributed by atoms with E-state index >= 15 is 0 Å². The molecule has 0 aliphatic carbocycles. The molecule has 0 aromatic heterocycles. The van der Waals surface area contributed by atoms with Crippen LogP contribution < -0.4 is 0 Å². The molecule has 17 heavy (non-hydrogen) atoms. The Labute approximate surface area is 107 Å². The second-order valence-corrected chi connectivity index (χ2v) is 4.50. The van der Waals surface area contributed by atoms with E-state index in [2.05, 4.69) is 17.0 Å².